The van der Waals surface area contributed by atoms with Crippen molar-refractivity contribution in [2.45, 2.75) is 57.2 Å². The van der Waals surface area contributed by atoms with Gasteiger partial charge in [-0.3, -0.25) is 10.3 Å². The largest absolute Gasteiger partial charge is 0.439 e. The highest BCUT2D eigenvalue weighted by molar-refractivity contribution is 5.92. The fourth-order valence-corrected chi connectivity index (χ4v) is 4.83. The van der Waals surface area contributed by atoms with E-state index in [1.807, 2.05) is 11.0 Å². The molecule has 2 fully saturated rings. The number of oxazole rings is 1. The number of piperidine rings is 1. The number of amides is 2. The molecule has 168 valence electrons. The van der Waals surface area contributed by atoms with E-state index in [1.165, 1.54) is 0 Å². The number of nitrogens with zero attached hydrogens (tertiary/aromatic N) is 4. The van der Waals surface area contributed by atoms with Crippen molar-refractivity contribution in [3.8, 4) is 11.5 Å². The molecule has 2 saturated heterocycles. The Kier molecular flexibility index (Phi) is 5.46. The topological polar surface area (TPSA) is 96.2 Å². The summed E-state index contributed by atoms with van der Waals surface area (Å²) in [7, 11) is 0. The summed E-state index contributed by atoms with van der Waals surface area (Å²) in [6.07, 6.45) is 5.80. The maximum Gasteiger partial charge on any atom is 0.323 e. The number of hydrogen-bond acceptors (Lipinski definition) is 6. The van der Waals surface area contributed by atoms with E-state index >= 15 is 0 Å². The van der Waals surface area contributed by atoms with Crippen molar-refractivity contribution >= 4 is 22.6 Å². The molecule has 0 radical (unpaired) electrons. The van der Waals surface area contributed by atoms with E-state index in [9.17, 15) is 13.6 Å². The van der Waals surface area contributed by atoms with E-state index in [0.29, 0.717) is 36.0 Å². The van der Waals surface area contributed by atoms with E-state index in [-0.39, 0.29) is 30.7 Å². The van der Waals surface area contributed by atoms with Crippen molar-refractivity contribution in [1.29, 1.82) is 0 Å². The Hall–Kier alpha value is -3.14. The standard InChI is InChI=1S/C22H24F2N6O2/c1-12-25-10-19(32-12)18-4-13-5-21(28-9-14(13)8-27-18)29-22(31)30-16-2-3-17(30)7-15(6-16)26-11-20(23)24/h4-5,8-10,15-17,20,26H,2-3,6-7,11H2,1H3,(H,28,29,31). The molecular formula is C22H24F2N6O2. The van der Waals surface area contributed by atoms with Crippen LogP contribution in [-0.4, -0.2) is 57.0 Å². The Morgan fingerprint density at radius 1 is 1.12 bits per heavy atom. The van der Waals surface area contributed by atoms with Gasteiger partial charge in [0.1, 0.15) is 11.5 Å². The van der Waals surface area contributed by atoms with Gasteiger partial charge in [-0.2, -0.15) is 0 Å². The molecule has 0 spiro atoms. The van der Waals surface area contributed by atoms with Crippen molar-refractivity contribution in [2.75, 3.05) is 11.9 Å². The zero-order valence-electron chi connectivity index (χ0n) is 17.6. The predicted molar refractivity (Wildman–Crippen MR) is 114 cm³/mol. The van der Waals surface area contributed by atoms with Crippen molar-refractivity contribution in [3.63, 3.8) is 0 Å². The third-order valence-electron chi connectivity index (χ3n) is 6.24. The van der Waals surface area contributed by atoms with Crippen LogP contribution in [0.25, 0.3) is 22.2 Å². The van der Waals surface area contributed by atoms with Crippen LogP contribution in [-0.2, 0) is 0 Å². The third kappa shape index (κ3) is 4.14. The van der Waals surface area contributed by atoms with Crippen LogP contribution in [0, 0.1) is 6.92 Å². The monoisotopic (exact) mass is 442 g/mol. The smallest absolute Gasteiger partial charge is 0.323 e. The van der Waals surface area contributed by atoms with Crippen LogP contribution in [0.4, 0.5) is 19.4 Å². The summed E-state index contributed by atoms with van der Waals surface area (Å²) in [6.45, 7) is 1.47. The lowest BCUT2D eigenvalue weighted by Gasteiger charge is -2.39. The van der Waals surface area contributed by atoms with Gasteiger partial charge < -0.3 is 14.6 Å². The second kappa shape index (κ2) is 8.42. The summed E-state index contributed by atoms with van der Waals surface area (Å²) in [5, 5.41) is 7.55. The Balaban J connectivity index is 1.29. The zero-order valence-corrected chi connectivity index (χ0v) is 17.6. The average molecular weight is 442 g/mol. The first-order valence-corrected chi connectivity index (χ1v) is 10.8. The van der Waals surface area contributed by atoms with Crippen LogP contribution in [0.2, 0.25) is 0 Å². The molecule has 10 heteroatoms. The number of carbonyl (C=O) groups excluding carboxylic acids is 1. The fourth-order valence-electron chi connectivity index (χ4n) is 4.83. The van der Waals surface area contributed by atoms with E-state index in [1.54, 1.807) is 31.6 Å². The molecular weight excluding hydrogens is 418 g/mol. The number of anilines is 1. The molecule has 2 atom stereocenters. The number of urea groups is 1. The van der Waals surface area contributed by atoms with E-state index in [0.717, 1.165) is 23.6 Å². The van der Waals surface area contributed by atoms with Crippen molar-refractivity contribution in [3.05, 3.63) is 36.6 Å². The molecule has 0 saturated carbocycles. The Bertz CT molecular complexity index is 1120. The summed E-state index contributed by atoms with van der Waals surface area (Å²) in [5.41, 5.74) is 0.651. The fraction of sp³-hybridized carbons (Fsp3) is 0.455. The number of aryl methyl sites for hydroxylation is 1. The SMILES string of the molecule is Cc1ncc(-c2cc3cc(NC(=O)N4C5CCC4CC(NCC(F)F)C5)ncc3cn2)o1. The molecule has 8 nitrogen and oxygen atoms in total. The van der Waals surface area contributed by atoms with Gasteiger partial charge in [-0.15, -0.1) is 0 Å². The molecule has 5 heterocycles. The van der Waals surface area contributed by atoms with Crippen LogP contribution in [0.15, 0.2) is 35.1 Å². The van der Waals surface area contributed by atoms with Crippen LogP contribution in [0.1, 0.15) is 31.6 Å². The number of nitrogens with one attached hydrogen (secondary N) is 2. The van der Waals surface area contributed by atoms with E-state index in [2.05, 4.69) is 25.6 Å². The number of aromatic nitrogens is 3. The molecule has 2 N–H and O–H groups in total. The summed E-state index contributed by atoms with van der Waals surface area (Å²) in [5.74, 6) is 1.59. The van der Waals surface area contributed by atoms with Crippen LogP contribution in [0.3, 0.4) is 0 Å². The number of pyridine rings is 2. The molecule has 3 aromatic heterocycles. The van der Waals surface area contributed by atoms with Gasteiger partial charge in [-0.25, -0.2) is 23.5 Å². The molecule has 2 amide bonds. The maximum absolute atomic E-state index is 13.0. The van der Waals surface area contributed by atoms with Crippen LogP contribution < -0.4 is 10.6 Å². The molecule has 0 aromatic carbocycles. The third-order valence-corrected chi connectivity index (χ3v) is 6.24. The minimum absolute atomic E-state index is 0.0231. The number of carbonyl (C=O) groups is 1. The van der Waals surface area contributed by atoms with Gasteiger partial charge in [-0.05, 0) is 43.2 Å². The number of alkyl halides is 2. The normalized spacial score (nSPS) is 22.6. The minimum Gasteiger partial charge on any atom is -0.439 e. The van der Waals surface area contributed by atoms with Crippen molar-refractivity contribution < 1.29 is 18.0 Å². The average Bonchev–Trinajstić information content (AvgIpc) is 3.32. The lowest BCUT2D eigenvalue weighted by molar-refractivity contribution is 0.115. The molecule has 2 aliphatic rings. The van der Waals surface area contributed by atoms with E-state index < -0.39 is 6.43 Å². The van der Waals surface area contributed by atoms with Gasteiger partial charge in [0.2, 0.25) is 0 Å². The van der Waals surface area contributed by atoms with Crippen molar-refractivity contribution in [1.82, 2.24) is 25.2 Å². The number of hydrogen-bond donors (Lipinski definition) is 2. The Labute approximate surface area is 183 Å². The van der Waals surface area contributed by atoms with Crippen LogP contribution >= 0.6 is 0 Å². The summed E-state index contributed by atoms with van der Waals surface area (Å²) in [6, 6.07) is 3.60. The minimum atomic E-state index is -2.36. The first kappa shape index (κ1) is 20.7. The second-order valence-corrected chi connectivity index (χ2v) is 8.42. The van der Waals surface area contributed by atoms with Gasteiger partial charge in [0, 0.05) is 42.8 Å². The molecule has 0 aliphatic carbocycles. The predicted octanol–water partition coefficient (Wildman–Crippen LogP) is 3.98. The summed E-state index contributed by atoms with van der Waals surface area (Å²) in [4.78, 5) is 27.7. The van der Waals surface area contributed by atoms with Gasteiger partial charge in [0.25, 0.3) is 6.43 Å². The molecule has 5 rings (SSSR count). The molecule has 32 heavy (non-hydrogen) atoms. The number of rotatable bonds is 5. The zero-order chi connectivity index (χ0) is 22.2. The maximum atomic E-state index is 13.0. The molecule has 3 aromatic rings. The van der Waals surface area contributed by atoms with Crippen LogP contribution in [0.5, 0.6) is 0 Å². The van der Waals surface area contributed by atoms with Gasteiger partial charge in [0.15, 0.2) is 11.7 Å². The molecule has 2 bridgehead atoms. The summed E-state index contributed by atoms with van der Waals surface area (Å²) >= 11 is 0. The Morgan fingerprint density at radius 3 is 2.56 bits per heavy atom. The van der Waals surface area contributed by atoms with Gasteiger partial charge >= 0.3 is 6.03 Å². The second-order valence-electron chi connectivity index (χ2n) is 8.42. The highest BCUT2D eigenvalue weighted by Gasteiger charge is 2.43. The molecule has 2 aliphatic heterocycles. The molecule has 2 unspecified atom stereocenters. The first-order valence-electron chi connectivity index (χ1n) is 10.8. The highest BCUT2D eigenvalue weighted by atomic mass is 19.3. The lowest BCUT2D eigenvalue weighted by atomic mass is 9.97. The highest BCUT2D eigenvalue weighted by Crippen LogP contribution is 2.36. The Morgan fingerprint density at radius 2 is 1.88 bits per heavy atom. The number of halogens is 2. The lowest BCUT2D eigenvalue weighted by Crippen LogP contribution is -2.53. The van der Waals surface area contributed by atoms with Gasteiger partial charge in [-0.1, -0.05) is 0 Å². The van der Waals surface area contributed by atoms with E-state index in [4.69, 9.17) is 4.42 Å². The van der Waals surface area contributed by atoms with Gasteiger partial charge in [0.05, 0.1) is 12.7 Å². The summed E-state index contributed by atoms with van der Waals surface area (Å²) < 4.78 is 30.6. The first-order chi connectivity index (χ1) is 15.5. The number of fused-ring (bicyclic) bond motifs is 3. The van der Waals surface area contributed by atoms with Crippen molar-refractivity contribution in [2.24, 2.45) is 0 Å². The quantitative estimate of drug-likeness (QED) is 0.621.